The first-order chi connectivity index (χ1) is 9.17. The molecule has 1 aromatic carbocycles. The molecule has 1 unspecified atom stereocenters. The zero-order chi connectivity index (χ0) is 14.1. The number of hydrogen-bond donors (Lipinski definition) is 2. The predicted molar refractivity (Wildman–Crippen MR) is 73.8 cm³/mol. The maximum Gasteiger partial charge on any atom is 0.318 e. The van der Waals surface area contributed by atoms with Crippen LogP contribution in [0, 0.1) is 0 Å². The van der Waals surface area contributed by atoms with Crippen molar-refractivity contribution in [3.05, 3.63) is 35.9 Å². The Morgan fingerprint density at radius 3 is 2.68 bits per heavy atom. The molecular formula is C14H22N2O3. The molecule has 0 saturated heterocycles. The second-order valence-corrected chi connectivity index (χ2v) is 4.44. The Kier molecular flexibility index (Phi) is 6.92. The molecule has 0 radical (unpaired) electrons. The number of amides is 2. The number of ether oxygens (including phenoxy) is 1. The van der Waals surface area contributed by atoms with Crippen LogP contribution in [0.25, 0.3) is 0 Å². The van der Waals surface area contributed by atoms with Crippen molar-refractivity contribution in [3.8, 4) is 0 Å². The van der Waals surface area contributed by atoms with Gasteiger partial charge in [-0.2, -0.15) is 0 Å². The van der Waals surface area contributed by atoms with E-state index in [2.05, 4.69) is 5.32 Å². The zero-order valence-corrected chi connectivity index (χ0v) is 11.5. The Balaban J connectivity index is 2.58. The highest BCUT2D eigenvalue weighted by Gasteiger charge is 2.15. The third kappa shape index (κ3) is 5.72. The number of nitrogens with one attached hydrogen (secondary N) is 1. The van der Waals surface area contributed by atoms with Crippen molar-refractivity contribution in [3.63, 3.8) is 0 Å². The van der Waals surface area contributed by atoms with E-state index in [9.17, 15) is 4.79 Å². The number of hydrogen-bond acceptors (Lipinski definition) is 3. The molecule has 0 bridgehead atoms. The van der Waals surface area contributed by atoms with Crippen LogP contribution in [0.15, 0.2) is 30.3 Å². The molecule has 2 amide bonds. The summed E-state index contributed by atoms with van der Waals surface area (Å²) >= 11 is 0. The van der Waals surface area contributed by atoms with E-state index in [-0.39, 0.29) is 18.7 Å². The lowest BCUT2D eigenvalue weighted by atomic mass is 10.2. The zero-order valence-electron chi connectivity index (χ0n) is 11.5. The van der Waals surface area contributed by atoms with Gasteiger partial charge in [0.05, 0.1) is 19.3 Å². The summed E-state index contributed by atoms with van der Waals surface area (Å²) in [4.78, 5) is 13.7. The van der Waals surface area contributed by atoms with Gasteiger partial charge in [0, 0.05) is 20.2 Å². The lowest BCUT2D eigenvalue weighted by Gasteiger charge is -2.24. The molecule has 0 aliphatic heterocycles. The maximum absolute atomic E-state index is 12.1. The second kappa shape index (κ2) is 8.50. The van der Waals surface area contributed by atoms with Crippen LogP contribution in [0.2, 0.25) is 0 Å². The van der Waals surface area contributed by atoms with Gasteiger partial charge in [-0.3, -0.25) is 0 Å². The average molecular weight is 266 g/mol. The van der Waals surface area contributed by atoms with Crippen molar-refractivity contribution in [2.45, 2.75) is 19.5 Å². The third-order valence-corrected chi connectivity index (χ3v) is 2.66. The van der Waals surface area contributed by atoms with Crippen LogP contribution < -0.4 is 5.32 Å². The van der Waals surface area contributed by atoms with Crippen LogP contribution in [0.1, 0.15) is 12.5 Å². The minimum Gasteiger partial charge on any atom is -0.395 e. The number of carbonyl (C=O) groups excluding carboxylic acids is 1. The van der Waals surface area contributed by atoms with Crippen LogP contribution in [-0.2, 0) is 11.3 Å². The molecular weight excluding hydrogens is 244 g/mol. The van der Waals surface area contributed by atoms with E-state index in [4.69, 9.17) is 9.84 Å². The van der Waals surface area contributed by atoms with Gasteiger partial charge in [0.15, 0.2) is 0 Å². The number of rotatable bonds is 7. The van der Waals surface area contributed by atoms with Crippen molar-refractivity contribution < 1.29 is 14.6 Å². The summed E-state index contributed by atoms with van der Waals surface area (Å²) in [6.07, 6.45) is 0. The minimum atomic E-state index is -0.192. The van der Waals surface area contributed by atoms with Gasteiger partial charge in [0.2, 0.25) is 0 Å². The first-order valence-corrected chi connectivity index (χ1v) is 6.36. The van der Waals surface area contributed by atoms with Gasteiger partial charge in [-0.15, -0.1) is 0 Å². The Morgan fingerprint density at radius 2 is 2.11 bits per heavy atom. The van der Waals surface area contributed by atoms with Crippen molar-refractivity contribution in [1.29, 1.82) is 0 Å². The summed E-state index contributed by atoms with van der Waals surface area (Å²) < 4.78 is 4.98. The molecule has 0 aromatic heterocycles. The minimum absolute atomic E-state index is 0.0566. The van der Waals surface area contributed by atoms with Crippen molar-refractivity contribution >= 4 is 6.03 Å². The Labute approximate surface area is 114 Å². The fourth-order valence-corrected chi connectivity index (χ4v) is 1.77. The molecule has 0 saturated carbocycles. The molecule has 1 atom stereocenters. The van der Waals surface area contributed by atoms with E-state index in [1.165, 1.54) is 0 Å². The average Bonchev–Trinajstić information content (AvgIpc) is 2.39. The molecule has 5 heteroatoms. The molecule has 19 heavy (non-hydrogen) atoms. The van der Waals surface area contributed by atoms with Crippen molar-refractivity contribution in [1.82, 2.24) is 10.2 Å². The molecule has 2 N–H and O–H groups in total. The first-order valence-electron chi connectivity index (χ1n) is 6.36. The maximum atomic E-state index is 12.1. The van der Waals surface area contributed by atoms with Crippen LogP contribution >= 0.6 is 0 Å². The molecule has 0 heterocycles. The van der Waals surface area contributed by atoms with E-state index >= 15 is 0 Å². The van der Waals surface area contributed by atoms with Crippen LogP contribution in [0.5, 0.6) is 0 Å². The van der Waals surface area contributed by atoms with Crippen LogP contribution in [0.4, 0.5) is 4.79 Å². The fourth-order valence-electron chi connectivity index (χ4n) is 1.77. The summed E-state index contributed by atoms with van der Waals surface area (Å²) in [7, 11) is 1.60. The van der Waals surface area contributed by atoms with Gasteiger partial charge in [-0.25, -0.2) is 4.79 Å². The summed E-state index contributed by atoms with van der Waals surface area (Å²) in [5.74, 6) is 0. The van der Waals surface area contributed by atoms with E-state index in [0.717, 1.165) is 5.56 Å². The lowest BCUT2D eigenvalue weighted by Crippen LogP contribution is -2.45. The Hall–Kier alpha value is -1.59. The Morgan fingerprint density at radius 1 is 1.42 bits per heavy atom. The monoisotopic (exact) mass is 266 g/mol. The largest absolute Gasteiger partial charge is 0.395 e. The topological polar surface area (TPSA) is 61.8 Å². The number of urea groups is 1. The van der Waals surface area contributed by atoms with Gasteiger partial charge >= 0.3 is 6.03 Å². The smallest absolute Gasteiger partial charge is 0.318 e. The number of aliphatic hydroxyl groups excluding tert-OH is 1. The number of methoxy groups -OCH3 is 1. The van der Waals surface area contributed by atoms with Crippen LogP contribution in [0.3, 0.4) is 0 Å². The van der Waals surface area contributed by atoms with E-state index < -0.39 is 0 Å². The molecule has 1 aromatic rings. The molecule has 0 aliphatic carbocycles. The highest BCUT2D eigenvalue weighted by Crippen LogP contribution is 2.04. The van der Waals surface area contributed by atoms with Crippen molar-refractivity contribution in [2.75, 3.05) is 26.9 Å². The molecule has 5 nitrogen and oxygen atoms in total. The number of nitrogens with zero attached hydrogens (tertiary/aromatic N) is 1. The van der Waals surface area contributed by atoms with Gasteiger partial charge in [0.1, 0.15) is 0 Å². The molecule has 106 valence electrons. The summed E-state index contributed by atoms with van der Waals surface area (Å²) in [6, 6.07) is 9.44. The highest BCUT2D eigenvalue weighted by atomic mass is 16.5. The van der Waals surface area contributed by atoms with Gasteiger partial charge in [-0.1, -0.05) is 30.3 Å². The quantitative estimate of drug-likeness (QED) is 0.780. The molecule has 0 fully saturated rings. The highest BCUT2D eigenvalue weighted by molar-refractivity contribution is 5.74. The summed E-state index contributed by atoms with van der Waals surface area (Å²) in [5.41, 5.74) is 1.03. The fraction of sp³-hybridized carbons (Fsp3) is 0.500. The summed E-state index contributed by atoms with van der Waals surface area (Å²) in [6.45, 7) is 3.07. The second-order valence-electron chi connectivity index (χ2n) is 4.44. The van der Waals surface area contributed by atoms with Crippen molar-refractivity contribution in [2.24, 2.45) is 0 Å². The number of carbonyl (C=O) groups is 1. The van der Waals surface area contributed by atoms with E-state index in [1.807, 2.05) is 37.3 Å². The predicted octanol–water partition coefficient (Wildman–Crippen LogP) is 1.23. The summed E-state index contributed by atoms with van der Waals surface area (Å²) in [5, 5.41) is 11.9. The standard InChI is InChI=1S/C14H22N2O3/c1-12(11-19-2)15-14(18)16(8-9-17)10-13-6-4-3-5-7-13/h3-7,12,17H,8-11H2,1-2H3,(H,15,18). The lowest BCUT2D eigenvalue weighted by molar-refractivity contribution is 0.150. The Bertz CT molecular complexity index is 370. The normalized spacial score (nSPS) is 11.9. The molecule has 1 rings (SSSR count). The number of benzene rings is 1. The number of aliphatic hydroxyl groups is 1. The molecule has 0 aliphatic rings. The van der Waals surface area contributed by atoms with E-state index in [1.54, 1.807) is 12.0 Å². The molecule has 0 spiro atoms. The van der Waals surface area contributed by atoms with Gasteiger partial charge in [-0.05, 0) is 12.5 Å². The van der Waals surface area contributed by atoms with Gasteiger partial charge < -0.3 is 20.1 Å². The van der Waals surface area contributed by atoms with Gasteiger partial charge in [0.25, 0.3) is 0 Å². The third-order valence-electron chi connectivity index (χ3n) is 2.66. The SMILES string of the molecule is COCC(C)NC(=O)N(CCO)Cc1ccccc1. The van der Waals surface area contributed by atoms with E-state index in [0.29, 0.717) is 19.7 Å². The van der Waals surface area contributed by atoms with Crippen LogP contribution in [-0.4, -0.2) is 48.9 Å². The first kappa shape index (κ1) is 15.5.